The van der Waals surface area contributed by atoms with Gasteiger partial charge in [-0.2, -0.15) is 0 Å². The first kappa shape index (κ1) is 13.8. The summed E-state index contributed by atoms with van der Waals surface area (Å²) >= 11 is 0. The smallest absolute Gasteiger partial charge is 0.237 e. The van der Waals surface area contributed by atoms with E-state index in [1.165, 1.54) is 18.2 Å². The van der Waals surface area contributed by atoms with E-state index in [1.54, 1.807) is 0 Å². The van der Waals surface area contributed by atoms with Crippen LogP contribution < -0.4 is 4.90 Å². The Bertz CT molecular complexity index is 652. The molecule has 3 rings (SSSR count). The number of benzene rings is 1. The van der Waals surface area contributed by atoms with Gasteiger partial charge in [0.1, 0.15) is 12.4 Å². The largest absolute Gasteiger partial charge is 0.384 e. The number of fused-ring (bicyclic) bond motifs is 1. The quantitative estimate of drug-likeness (QED) is 0.628. The molecule has 1 aliphatic heterocycles. The SMILES string of the molecule is O=C1C2CCCC2C(=O)N1c1ccc(F)cc1C#CCO. The molecule has 1 aromatic rings. The Morgan fingerprint density at radius 1 is 1.24 bits per heavy atom. The predicted molar refractivity (Wildman–Crippen MR) is 73.7 cm³/mol. The van der Waals surface area contributed by atoms with Gasteiger partial charge in [0.05, 0.1) is 23.1 Å². The summed E-state index contributed by atoms with van der Waals surface area (Å²) in [5.74, 6) is 3.59. The molecule has 1 N–H and O–H groups in total. The molecule has 0 spiro atoms. The van der Waals surface area contributed by atoms with Crippen LogP contribution in [-0.2, 0) is 9.59 Å². The maximum absolute atomic E-state index is 13.4. The monoisotopic (exact) mass is 287 g/mol. The molecule has 4 nitrogen and oxygen atoms in total. The van der Waals surface area contributed by atoms with Gasteiger partial charge in [-0.25, -0.2) is 9.29 Å². The first-order valence-corrected chi connectivity index (χ1v) is 6.90. The number of aliphatic hydroxyl groups is 1. The fourth-order valence-electron chi connectivity index (χ4n) is 3.17. The summed E-state index contributed by atoms with van der Waals surface area (Å²) in [5, 5.41) is 8.77. The molecule has 0 radical (unpaired) electrons. The van der Waals surface area contributed by atoms with Gasteiger partial charge >= 0.3 is 0 Å². The number of anilines is 1. The second-order valence-corrected chi connectivity index (χ2v) is 5.28. The predicted octanol–water partition coefficient (Wildman–Crippen LogP) is 1.46. The fourth-order valence-corrected chi connectivity index (χ4v) is 3.17. The second kappa shape index (κ2) is 5.30. The van der Waals surface area contributed by atoms with E-state index in [0.717, 1.165) is 24.2 Å². The molecule has 21 heavy (non-hydrogen) atoms. The van der Waals surface area contributed by atoms with E-state index in [9.17, 15) is 14.0 Å². The molecule has 0 aromatic heterocycles. The van der Waals surface area contributed by atoms with Gasteiger partial charge in [-0.05, 0) is 31.0 Å². The minimum Gasteiger partial charge on any atom is -0.384 e. The maximum Gasteiger partial charge on any atom is 0.237 e. The zero-order valence-electron chi connectivity index (χ0n) is 11.3. The highest BCUT2D eigenvalue weighted by Gasteiger charge is 2.50. The highest BCUT2D eigenvalue weighted by atomic mass is 19.1. The van der Waals surface area contributed by atoms with Crippen LogP contribution in [0, 0.1) is 29.5 Å². The Kier molecular flexibility index (Phi) is 3.48. The molecule has 2 aliphatic rings. The Labute approximate surface area is 121 Å². The molecule has 2 fully saturated rings. The van der Waals surface area contributed by atoms with E-state index in [0.29, 0.717) is 5.69 Å². The molecule has 5 heteroatoms. The molecular weight excluding hydrogens is 273 g/mol. The molecule has 2 unspecified atom stereocenters. The number of amides is 2. The fraction of sp³-hybridized carbons (Fsp3) is 0.375. The number of carbonyl (C=O) groups excluding carboxylic acids is 2. The van der Waals surface area contributed by atoms with Crippen molar-refractivity contribution >= 4 is 17.5 Å². The third-order valence-corrected chi connectivity index (χ3v) is 4.09. The minimum absolute atomic E-state index is 0.221. The van der Waals surface area contributed by atoms with E-state index in [2.05, 4.69) is 11.8 Å². The van der Waals surface area contributed by atoms with E-state index in [-0.39, 0.29) is 35.8 Å². The molecule has 1 aromatic carbocycles. The zero-order chi connectivity index (χ0) is 15.0. The summed E-state index contributed by atoms with van der Waals surface area (Å²) < 4.78 is 13.4. The molecule has 1 aliphatic carbocycles. The Hall–Kier alpha value is -2.19. The van der Waals surface area contributed by atoms with Crippen molar-refractivity contribution in [2.24, 2.45) is 11.8 Å². The van der Waals surface area contributed by atoms with Crippen LogP contribution in [0.4, 0.5) is 10.1 Å². The molecule has 1 saturated heterocycles. The van der Waals surface area contributed by atoms with E-state index < -0.39 is 5.82 Å². The number of carbonyl (C=O) groups is 2. The molecule has 2 atom stereocenters. The van der Waals surface area contributed by atoms with Crippen LogP contribution in [0.25, 0.3) is 0 Å². The molecular formula is C16H14FNO3. The summed E-state index contributed by atoms with van der Waals surface area (Å²) in [6, 6.07) is 3.77. The number of hydrogen-bond donors (Lipinski definition) is 1. The Morgan fingerprint density at radius 2 is 1.90 bits per heavy atom. The van der Waals surface area contributed by atoms with Crippen LogP contribution in [0.5, 0.6) is 0 Å². The molecule has 1 heterocycles. The molecule has 0 bridgehead atoms. The minimum atomic E-state index is -0.500. The van der Waals surface area contributed by atoms with Crippen LogP contribution in [0.15, 0.2) is 18.2 Å². The lowest BCUT2D eigenvalue weighted by molar-refractivity contribution is -0.122. The van der Waals surface area contributed by atoms with Gasteiger partial charge in [-0.3, -0.25) is 9.59 Å². The van der Waals surface area contributed by atoms with Crippen molar-refractivity contribution in [1.82, 2.24) is 0 Å². The zero-order valence-corrected chi connectivity index (χ0v) is 11.3. The number of imide groups is 1. The summed E-state index contributed by atoms with van der Waals surface area (Å²) in [6.45, 7) is -0.372. The third kappa shape index (κ3) is 2.22. The van der Waals surface area contributed by atoms with Gasteiger partial charge in [-0.1, -0.05) is 18.3 Å². The Morgan fingerprint density at radius 3 is 2.52 bits per heavy atom. The van der Waals surface area contributed by atoms with Crippen molar-refractivity contribution < 1.29 is 19.1 Å². The number of halogens is 1. The lowest BCUT2D eigenvalue weighted by Crippen LogP contribution is -2.32. The van der Waals surface area contributed by atoms with Gasteiger partial charge in [0.15, 0.2) is 0 Å². The van der Waals surface area contributed by atoms with Crippen LogP contribution in [0.1, 0.15) is 24.8 Å². The van der Waals surface area contributed by atoms with Gasteiger partial charge in [0, 0.05) is 0 Å². The van der Waals surface area contributed by atoms with E-state index >= 15 is 0 Å². The second-order valence-electron chi connectivity index (χ2n) is 5.28. The van der Waals surface area contributed by atoms with Crippen LogP contribution in [0.2, 0.25) is 0 Å². The van der Waals surface area contributed by atoms with Crippen molar-refractivity contribution in [2.45, 2.75) is 19.3 Å². The average molecular weight is 287 g/mol. The normalized spacial score (nSPS) is 24.0. The summed E-state index contributed by atoms with van der Waals surface area (Å²) in [6.07, 6.45) is 2.34. The topological polar surface area (TPSA) is 57.6 Å². The number of aliphatic hydroxyl groups excluding tert-OH is 1. The van der Waals surface area contributed by atoms with Gasteiger partial charge in [0.2, 0.25) is 11.8 Å². The maximum atomic E-state index is 13.4. The first-order chi connectivity index (χ1) is 10.1. The Balaban J connectivity index is 2.04. The van der Waals surface area contributed by atoms with Gasteiger partial charge in [-0.15, -0.1) is 0 Å². The lowest BCUT2D eigenvalue weighted by atomic mass is 10.00. The third-order valence-electron chi connectivity index (χ3n) is 4.09. The van der Waals surface area contributed by atoms with Gasteiger partial charge < -0.3 is 5.11 Å². The van der Waals surface area contributed by atoms with Crippen molar-refractivity contribution in [3.05, 3.63) is 29.6 Å². The summed E-state index contributed by atoms with van der Waals surface area (Å²) in [4.78, 5) is 26.0. The first-order valence-electron chi connectivity index (χ1n) is 6.90. The van der Waals surface area contributed by atoms with Crippen molar-refractivity contribution in [1.29, 1.82) is 0 Å². The van der Waals surface area contributed by atoms with E-state index in [1.807, 2.05) is 0 Å². The summed E-state index contributed by atoms with van der Waals surface area (Å²) in [7, 11) is 0. The number of hydrogen-bond acceptors (Lipinski definition) is 3. The van der Waals surface area contributed by atoms with Crippen LogP contribution >= 0.6 is 0 Å². The average Bonchev–Trinajstić information content (AvgIpc) is 3.03. The molecule has 1 saturated carbocycles. The van der Waals surface area contributed by atoms with Crippen molar-refractivity contribution in [3.63, 3.8) is 0 Å². The van der Waals surface area contributed by atoms with Crippen LogP contribution in [0.3, 0.4) is 0 Å². The molecule has 108 valence electrons. The van der Waals surface area contributed by atoms with Crippen molar-refractivity contribution in [3.8, 4) is 11.8 Å². The van der Waals surface area contributed by atoms with E-state index in [4.69, 9.17) is 5.11 Å². The molecule has 2 amide bonds. The number of rotatable bonds is 1. The standard InChI is InChI=1S/C16H14FNO3/c17-11-6-7-14(10(9-11)3-2-8-19)18-15(20)12-4-1-5-13(12)16(18)21/h6-7,9,12-13,19H,1,4-5,8H2. The highest BCUT2D eigenvalue weighted by molar-refractivity contribution is 6.22. The lowest BCUT2D eigenvalue weighted by Gasteiger charge is -2.17. The summed E-state index contributed by atoms with van der Waals surface area (Å²) in [5.41, 5.74) is 0.549. The van der Waals surface area contributed by atoms with Crippen molar-refractivity contribution in [2.75, 3.05) is 11.5 Å². The number of nitrogens with zero attached hydrogens (tertiary/aromatic N) is 1. The highest BCUT2D eigenvalue weighted by Crippen LogP contribution is 2.42. The van der Waals surface area contributed by atoms with Gasteiger partial charge in [0.25, 0.3) is 0 Å². The van der Waals surface area contributed by atoms with Crippen LogP contribution in [-0.4, -0.2) is 23.5 Å².